The van der Waals surface area contributed by atoms with Gasteiger partial charge in [0, 0.05) is 10.5 Å². The number of thioether (sulfide) groups is 1. The van der Waals surface area contributed by atoms with E-state index in [1.165, 1.54) is 0 Å². The van der Waals surface area contributed by atoms with Crippen molar-refractivity contribution in [2.24, 2.45) is 0 Å². The molecule has 1 N–H and O–H groups in total. The van der Waals surface area contributed by atoms with Crippen LogP contribution in [0, 0.1) is 13.8 Å². The topological polar surface area (TPSA) is 37.3 Å². The van der Waals surface area contributed by atoms with Gasteiger partial charge in [0.25, 0.3) is 0 Å². The van der Waals surface area contributed by atoms with Crippen molar-refractivity contribution in [2.75, 3.05) is 6.26 Å². The number of hydrogen-bond donors (Lipinski definition) is 1. The summed E-state index contributed by atoms with van der Waals surface area (Å²) in [5, 5.41) is 9.76. The van der Waals surface area contributed by atoms with Gasteiger partial charge in [-0.1, -0.05) is 18.2 Å². The van der Waals surface area contributed by atoms with Gasteiger partial charge in [-0.2, -0.15) is 0 Å². The van der Waals surface area contributed by atoms with Crippen molar-refractivity contribution in [3.63, 3.8) is 0 Å². The number of aromatic hydroxyl groups is 1. The van der Waals surface area contributed by atoms with Crippen LogP contribution in [-0.2, 0) is 0 Å². The number of carbonyl (C=O) groups is 1. The van der Waals surface area contributed by atoms with Crippen molar-refractivity contribution in [1.29, 1.82) is 0 Å². The molecule has 2 aromatic carbocycles. The smallest absolute Gasteiger partial charge is 0.186 e. The summed E-state index contributed by atoms with van der Waals surface area (Å²) in [5.41, 5.74) is 3.25. The summed E-state index contributed by atoms with van der Waals surface area (Å²) in [6, 6.07) is 11.3. The fraction of sp³-hybridized carbons (Fsp3) is 0.167. The van der Waals surface area contributed by atoms with E-state index in [1.54, 1.807) is 23.9 Å². The van der Waals surface area contributed by atoms with Gasteiger partial charge in [0.2, 0.25) is 0 Å². The Morgan fingerprint density at radius 2 is 1.76 bits per heavy atom. The summed E-state index contributed by atoms with van der Waals surface area (Å²) in [5.74, 6) is 0.300. The van der Waals surface area contributed by atoms with E-state index < -0.39 is 0 Å². The van der Waals surface area contributed by atoms with Gasteiger partial charge >= 0.3 is 0 Å². The Kier molecular flexibility index (Phi) is 4.86. The maximum absolute atomic E-state index is 12.3. The number of phenols is 1. The van der Waals surface area contributed by atoms with Crippen LogP contribution in [0.4, 0.5) is 0 Å². The molecular weight excluding hydrogens is 280 g/mol. The van der Waals surface area contributed by atoms with Crippen molar-refractivity contribution < 1.29 is 9.90 Å². The quantitative estimate of drug-likeness (QED) is 0.508. The Morgan fingerprint density at radius 3 is 2.38 bits per heavy atom. The first-order valence-corrected chi connectivity index (χ1v) is 7.91. The second-order valence-corrected chi connectivity index (χ2v) is 5.75. The lowest BCUT2D eigenvalue weighted by atomic mass is 10.0. The molecule has 2 nitrogen and oxygen atoms in total. The van der Waals surface area contributed by atoms with E-state index >= 15 is 0 Å². The van der Waals surface area contributed by atoms with Crippen LogP contribution >= 0.6 is 11.8 Å². The lowest BCUT2D eigenvalue weighted by Crippen LogP contribution is -1.96. The van der Waals surface area contributed by atoms with Crippen LogP contribution < -0.4 is 0 Å². The Balaban J connectivity index is 2.27. The lowest BCUT2D eigenvalue weighted by Gasteiger charge is -2.05. The number of carbonyl (C=O) groups excluding carboxylic acids is 1. The largest absolute Gasteiger partial charge is 0.507 e. The van der Waals surface area contributed by atoms with Gasteiger partial charge in [0.05, 0.1) is 0 Å². The van der Waals surface area contributed by atoms with Crippen LogP contribution in [0.2, 0.25) is 0 Å². The van der Waals surface area contributed by atoms with Gasteiger partial charge in [0.1, 0.15) is 5.75 Å². The Morgan fingerprint density at radius 1 is 1.14 bits per heavy atom. The predicted molar refractivity (Wildman–Crippen MR) is 89.2 cm³/mol. The van der Waals surface area contributed by atoms with Crippen LogP contribution in [-0.4, -0.2) is 17.1 Å². The Hall–Kier alpha value is -2.00. The first-order chi connectivity index (χ1) is 10.0. The lowest BCUT2D eigenvalue weighted by molar-refractivity contribution is 0.104. The molecule has 108 valence electrons. The number of benzene rings is 2. The Bertz CT molecular complexity index is 679. The zero-order chi connectivity index (χ0) is 15.4. The highest BCUT2D eigenvalue weighted by molar-refractivity contribution is 7.98. The summed E-state index contributed by atoms with van der Waals surface area (Å²) < 4.78 is 0. The summed E-state index contributed by atoms with van der Waals surface area (Å²) in [6.07, 6.45) is 5.34. The molecule has 21 heavy (non-hydrogen) atoms. The third kappa shape index (κ3) is 3.56. The number of rotatable bonds is 4. The first-order valence-electron chi connectivity index (χ1n) is 6.68. The predicted octanol–water partition coefficient (Wildman–Crippen LogP) is 4.63. The normalized spacial score (nSPS) is 11.0. The van der Waals surface area contributed by atoms with Gasteiger partial charge in [-0.25, -0.2) is 0 Å². The van der Waals surface area contributed by atoms with Crippen molar-refractivity contribution in [3.05, 3.63) is 64.7 Å². The molecule has 0 radical (unpaired) electrons. The molecule has 0 heterocycles. The molecular formula is C18H18O2S. The first kappa shape index (κ1) is 15.4. The van der Waals surface area contributed by atoms with E-state index in [0.29, 0.717) is 11.3 Å². The summed E-state index contributed by atoms with van der Waals surface area (Å²) in [7, 11) is 0. The van der Waals surface area contributed by atoms with Crippen molar-refractivity contribution >= 4 is 23.6 Å². The minimum Gasteiger partial charge on any atom is -0.507 e. The van der Waals surface area contributed by atoms with E-state index in [-0.39, 0.29) is 5.78 Å². The second-order valence-electron chi connectivity index (χ2n) is 4.90. The maximum atomic E-state index is 12.3. The monoisotopic (exact) mass is 298 g/mol. The molecule has 3 heteroatoms. The average Bonchev–Trinajstić information content (AvgIpc) is 2.50. The van der Waals surface area contributed by atoms with Crippen LogP contribution in [0.15, 0.2) is 47.4 Å². The zero-order valence-corrected chi connectivity index (χ0v) is 13.2. The van der Waals surface area contributed by atoms with Crippen LogP contribution in [0.5, 0.6) is 5.75 Å². The molecule has 2 rings (SSSR count). The molecule has 0 aromatic heterocycles. The molecule has 0 aliphatic rings. The van der Waals surface area contributed by atoms with E-state index in [4.69, 9.17) is 0 Å². The van der Waals surface area contributed by atoms with E-state index in [1.807, 2.05) is 56.5 Å². The fourth-order valence-corrected chi connectivity index (χ4v) is 2.80. The van der Waals surface area contributed by atoms with Crippen LogP contribution in [0.25, 0.3) is 6.08 Å². The summed E-state index contributed by atoms with van der Waals surface area (Å²) in [4.78, 5) is 13.3. The van der Waals surface area contributed by atoms with Crippen molar-refractivity contribution in [2.45, 2.75) is 18.7 Å². The molecule has 2 aromatic rings. The second kappa shape index (κ2) is 6.64. The van der Waals surface area contributed by atoms with Gasteiger partial charge in [-0.15, -0.1) is 11.8 Å². The van der Waals surface area contributed by atoms with Crippen LogP contribution in [0.1, 0.15) is 27.0 Å². The number of phenolic OH excluding ortho intramolecular Hbond substituents is 1. The molecule has 0 amide bonds. The van der Waals surface area contributed by atoms with E-state index in [2.05, 4.69) is 0 Å². The molecule has 0 aliphatic carbocycles. The van der Waals surface area contributed by atoms with E-state index in [0.717, 1.165) is 21.6 Å². The number of ketones is 1. The summed E-state index contributed by atoms with van der Waals surface area (Å²) in [6.45, 7) is 3.70. The SMILES string of the molecule is CSc1ccccc1C(=O)/C=C/c1cc(C)c(O)c(C)c1. The molecule has 0 atom stereocenters. The highest BCUT2D eigenvalue weighted by atomic mass is 32.2. The zero-order valence-electron chi connectivity index (χ0n) is 12.4. The van der Waals surface area contributed by atoms with E-state index in [9.17, 15) is 9.90 Å². The number of aryl methyl sites for hydroxylation is 2. The number of hydrogen-bond acceptors (Lipinski definition) is 3. The molecule has 0 bridgehead atoms. The minimum atomic E-state index is -0.0108. The molecule has 0 fully saturated rings. The fourth-order valence-electron chi connectivity index (χ4n) is 2.20. The van der Waals surface area contributed by atoms with Crippen LogP contribution in [0.3, 0.4) is 0 Å². The number of allylic oxidation sites excluding steroid dienone is 1. The summed E-state index contributed by atoms with van der Waals surface area (Å²) >= 11 is 1.56. The maximum Gasteiger partial charge on any atom is 0.186 e. The van der Waals surface area contributed by atoms with Gasteiger partial charge in [-0.05, 0) is 67.1 Å². The van der Waals surface area contributed by atoms with Gasteiger partial charge < -0.3 is 5.11 Å². The highest BCUT2D eigenvalue weighted by Gasteiger charge is 2.07. The van der Waals surface area contributed by atoms with Crippen molar-refractivity contribution in [1.82, 2.24) is 0 Å². The molecule has 0 unspecified atom stereocenters. The molecule has 0 aliphatic heterocycles. The minimum absolute atomic E-state index is 0.0108. The third-order valence-electron chi connectivity index (χ3n) is 3.31. The standard InChI is InChI=1S/C18H18O2S/c1-12-10-14(11-13(2)18(12)20)8-9-16(19)15-6-4-5-7-17(15)21-3/h4-11,20H,1-3H3/b9-8+. The molecule has 0 spiro atoms. The Labute approximate surface area is 129 Å². The van der Waals surface area contributed by atoms with Gasteiger partial charge in [-0.3, -0.25) is 4.79 Å². The van der Waals surface area contributed by atoms with Gasteiger partial charge in [0.15, 0.2) is 5.78 Å². The molecule has 0 saturated carbocycles. The average molecular weight is 298 g/mol. The van der Waals surface area contributed by atoms with Crippen molar-refractivity contribution in [3.8, 4) is 5.75 Å². The highest BCUT2D eigenvalue weighted by Crippen LogP contribution is 2.24. The molecule has 0 saturated heterocycles. The third-order valence-corrected chi connectivity index (χ3v) is 4.11.